The van der Waals surface area contributed by atoms with Crippen molar-refractivity contribution in [3.63, 3.8) is 0 Å². The first-order valence-corrected chi connectivity index (χ1v) is 16.3. The van der Waals surface area contributed by atoms with Crippen molar-refractivity contribution in [3.8, 4) is 35.0 Å². The average molecular weight is 595 g/mol. The highest BCUT2D eigenvalue weighted by Crippen LogP contribution is 2.30. The Bertz CT molecular complexity index is 1370. The van der Waals surface area contributed by atoms with Gasteiger partial charge in [0.25, 0.3) is 0 Å². The summed E-state index contributed by atoms with van der Waals surface area (Å²) in [6.45, 7) is 4.89. The first-order chi connectivity index (χ1) is 21.6. The number of ether oxygens (including phenoxy) is 2. The third-order valence-corrected chi connectivity index (χ3v) is 7.71. The second-order valence-corrected chi connectivity index (χ2v) is 11.3. The first-order valence-electron chi connectivity index (χ1n) is 16.3. The molecule has 0 unspecified atom stereocenters. The standard InChI is InChI=1S/C37H46N4O3/c1-3-5-7-9-11-12-13-15-17-29-27-40-36(41-28-29)30-18-20-31(21-19-30)37(42)44-35-23-22-34(32(25-38)33(35)26-39)43-24-16-14-10-8-6-4-2/h18-23,27-28H,3-17,24H2,1-2H3. The van der Waals surface area contributed by atoms with Gasteiger partial charge in [-0.2, -0.15) is 10.5 Å². The van der Waals surface area contributed by atoms with Gasteiger partial charge in [-0.05, 0) is 49.1 Å². The van der Waals surface area contributed by atoms with Gasteiger partial charge in [-0.3, -0.25) is 0 Å². The maximum absolute atomic E-state index is 12.9. The number of aromatic nitrogens is 2. The van der Waals surface area contributed by atoms with Crippen LogP contribution in [0.25, 0.3) is 11.4 Å². The second kappa shape index (κ2) is 19.9. The fourth-order valence-electron chi connectivity index (χ4n) is 5.07. The molecule has 7 nitrogen and oxygen atoms in total. The summed E-state index contributed by atoms with van der Waals surface area (Å²) in [4.78, 5) is 22.0. The summed E-state index contributed by atoms with van der Waals surface area (Å²) >= 11 is 0. The Morgan fingerprint density at radius 3 is 1.80 bits per heavy atom. The lowest BCUT2D eigenvalue weighted by atomic mass is 10.1. The summed E-state index contributed by atoms with van der Waals surface area (Å²) in [5.74, 6) is 0.317. The minimum atomic E-state index is -0.626. The number of rotatable bonds is 20. The third kappa shape index (κ3) is 11.1. The molecule has 0 radical (unpaired) electrons. The summed E-state index contributed by atoms with van der Waals surface area (Å²) in [5, 5.41) is 19.5. The Morgan fingerprint density at radius 2 is 1.20 bits per heavy atom. The van der Waals surface area contributed by atoms with Gasteiger partial charge >= 0.3 is 5.97 Å². The molecular formula is C37H46N4O3. The molecule has 0 spiro atoms. The molecule has 3 rings (SSSR count). The number of esters is 1. The van der Waals surface area contributed by atoms with E-state index in [9.17, 15) is 15.3 Å². The van der Waals surface area contributed by atoms with Crippen molar-refractivity contribution in [2.75, 3.05) is 6.61 Å². The van der Waals surface area contributed by atoms with Gasteiger partial charge in [0.05, 0.1) is 12.2 Å². The fourth-order valence-corrected chi connectivity index (χ4v) is 5.07. The van der Waals surface area contributed by atoms with Gasteiger partial charge in [-0.25, -0.2) is 14.8 Å². The lowest BCUT2D eigenvalue weighted by Gasteiger charge is -2.12. The Kier molecular flexibility index (Phi) is 15.5. The highest BCUT2D eigenvalue weighted by atomic mass is 16.5. The van der Waals surface area contributed by atoms with Gasteiger partial charge in [0.15, 0.2) is 11.6 Å². The van der Waals surface area contributed by atoms with Gasteiger partial charge in [0.1, 0.15) is 29.0 Å². The van der Waals surface area contributed by atoms with Gasteiger partial charge in [-0.15, -0.1) is 0 Å². The molecular weight excluding hydrogens is 548 g/mol. The van der Waals surface area contributed by atoms with Crippen LogP contribution in [-0.4, -0.2) is 22.5 Å². The number of carbonyl (C=O) groups excluding carboxylic acids is 1. The summed E-state index contributed by atoms with van der Waals surface area (Å²) in [5.41, 5.74) is 2.28. The Hall–Kier alpha value is -4.23. The quantitative estimate of drug-likeness (QED) is 0.0728. The molecule has 0 N–H and O–H groups in total. The van der Waals surface area contributed by atoms with E-state index in [1.165, 1.54) is 70.3 Å². The number of carbonyl (C=O) groups is 1. The molecule has 0 saturated heterocycles. The predicted octanol–water partition coefficient (Wildman–Crippen LogP) is 9.53. The molecule has 0 fully saturated rings. The maximum atomic E-state index is 12.9. The van der Waals surface area contributed by atoms with E-state index in [0.29, 0.717) is 23.7 Å². The Labute approximate surface area is 263 Å². The number of hydrogen-bond acceptors (Lipinski definition) is 7. The smallest absolute Gasteiger partial charge is 0.343 e. The summed E-state index contributed by atoms with van der Waals surface area (Å²) < 4.78 is 11.3. The van der Waals surface area contributed by atoms with Crippen molar-refractivity contribution < 1.29 is 14.3 Å². The summed E-state index contributed by atoms with van der Waals surface area (Å²) in [6, 6.07) is 14.0. The topological polar surface area (TPSA) is 109 Å². The molecule has 0 atom stereocenters. The number of benzene rings is 2. The average Bonchev–Trinajstić information content (AvgIpc) is 3.06. The molecule has 3 aromatic rings. The zero-order valence-electron chi connectivity index (χ0n) is 26.4. The van der Waals surface area contributed by atoms with Crippen molar-refractivity contribution >= 4 is 5.97 Å². The van der Waals surface area contributed by atoms with Crippen LogP contribution in [0, 0.1) is 22.7 Å². The first kappa shape index (κ1) is 34.3. The fraction of sp³-hybridized carbons (Fsp3) is 0.486. The zero-order chi connectivity index (χ0) is 31.4. The van der Waals surface area contributed by atoms with Crippen LogP contribution in [0.2, 0.25) is 0 Å². The van der Waals surface area contributed by atoms with Crippen LogP contribution >= 0.6 is 0 Å². The van der Waals surface area contributed by atoms with E-state index in [0.717, 1.165) is 43.2 Å². The number of unbranched alkanes of at least 4 members (excludes halogenated alkanes) is 12. The molecule has 0 amide bonds. The van der Waals surface area contributed by atoms with Crippen molar-refractivity contribution in [1.82, 2.24) is 9.97 Å². The van der Waals surface area contributed by atoms with E-state index in [4.69, 9.17) is 9.47 Å². The van der Waals surface area contributed by atoms with Crippen molar-refractivity contribution in [3.05, 3.63) is 71.0 Å². The van der Waals surface area contributed by atoms with Crippen LogP contribution in [0.4, 0.5) is 0 Å². The van der Waals surface area contributed by atoms with Crippen LogP contribution < -0.4 is 9.47 Å². The van der Waals surface area contributed by atoms with Crippen molar-refractivity contribution in [2.24, 2.45) is 0 Å². The van der Waals surface area contributed by atoms with Crippen LogP contribution in [0.5, 0.6) is 11.5 Å². The molecule has 0 aliphatic rings. The van der Waals surface area contributed by atoms with E-state index in [1.807, 2.05) is 24.5 Å². The number of nitrogens with zero attached hydrogens (tertiary/aromatic N) is 4. The lowest BCUT2D eigenvalue weighted by molar-refractivity contribution is 0.0734. The van der Waals surface area contributed by atoms with Crippen LogP contribution in [-0.2, 0) is 6.42 Å². The van der Waals surface area contributed by atoms with Crippen molar-refractivity contribution in [1.29, 1.82) is 10.5 Å². The number of hydrogen-bond donors (Lipinski definition) is 0. The molecule has 0 bridgehead atoms. The molecule has 7 heteroatoms. The molecule has 1 aromatic heterocycles. The third-order valence-electron chi connectivity index (χ3n) is 7.71. The lowest BCUT2D eigenvalue weighted by Crippen LogP contribution is -2.10. The van der Waals surface area contributed by atoms with Gasteiger partial charge in [0, 0.05) is 18.0 Å². The number of nitriles is 2. The molecule has 0 saturated carbocycles. The van der Waals surface area contributed by atoms with Gasteiger partial charge in [0.2, 0.25) is 0 Å². The normalized spacial score (nSPS) is 10.6. The van der Waals surface area contributed by atoms with Crippen LogP contribution in [0.1, 0.15) is 131 Å². The second-order valence-electron chi connectivity index (χ2n) is 11.3. The van der Waals surface area contributed by atoms with E-state index in [1.54, 1.807) is 30.3 Å². The molecule has 1 heterocycles. The summed E-state index contributed by atoms with van der Waals surface area (Å²) in [7, 11) is 0. The van der Waals surface area contributed by atoms with Gasteiger partial charge in [-0.1, -0.05) is 103 Å². The molecule has 44 heavy (non-hydrogen) atoms. The minimum Gasteiger partial charge on any atom is -0.492 e. The molecule has 0 aliphatic carbocycles. The molecule has 2 aromatic carbocycles. The highest BCUT2D eigenvalue weighted by molar-refractivity contribution is 5.92. The monoisotopic (exact) mass is 594 g/mol. The van der Waals surface area contributed by atoms with E-state index in [2.05, 4.69) is 23.8 Å². The Morgan fingerprint density at radius 1 is 0.682 bits per heavy atom. The zero-order valence-corrected chi connectivity index (χ0v) is 26.4. The predicted molar refractivity (Wildman–Crippen MR) is 173 cm³/mol. The van der Waals surface area contributed by atoms with Crippen molar-refractivity contribution in [2.45, 2.75) is 110 Å². The SMILES string of the molecule is CCCCCCCCCCc1cnc(-c2ccc(C(=O)Oc3ccc(OCCCCCCCC)c(C#N)c3C#N)cc2)nc1. The van der Waals surface area contributed by atoms with E-state index < -0.39 is 5.97 Å². The number of aryl methyl sites for hydroxylation is 1. The molecule has 232 valence electrons. The minimum absolute atomic E-state index is 0.0154. The summed E-state index contributed by atoms with van der Waals surface area (Å²) in [6.07, 6.45) is 21.8. The largest absolute Gasteiger partial charge is 0.492 e. The highest BCUT2D eigenvalue weighted by Gasteiger charge is 2.19. The van der Waals surface area contributed by atoms with Crippen LogP contribution in [0.3, 0.4) is 0 Å². The maximum Gasteiger partial charge on any atom is 0.343 e. The van der Waals surface area contributed by atoms with Crippen LogP contribution in [0.15, 0.2) is 48.8 Å². The molecule has 0 aliphatic heterocycles. The van der Waals surface area contributed by atoms with E-state index in [-0.39, 0.29) is 16.9 Å². The Balaban J connectivity index is 1.52. The van der Waals surface area contributed by atoms with E-state index >= 15 is 0 Å². The van der Waals surface area contributed by atoms with Gasteiger partial charge < -0.3 is 9.47 Å².